The van der Waals surface area contributed by atoms with Gasteiger partial charge in [-0.05, 0) is 44.4 Å². The Morgan fingerprint density at radius 1 is 1.38 bits per heavy atom. The Balaban J connectivity index is 2.02. The summed E-state index contributed by atoms with van der Waals surface area (Å²) in [4.78, 5) is 12.4. The fourth-order valence-corrected chi connectivity index (χ4v) is 2.81. The first kappa shape index (κ1) is 15.4. The summed E-state index contributed by atoms with van der Waals surface area (Å²) in [6, 6.07) is 9.81. The van der Waals surface area contributed by atoms with Crippen LogP contribution in [0.2, 0.25) is 0 Å². The first-order valence-corrected chi connectivity index (χ1v) is 7.56. The first-order valence-electron chi connectivity index (χ1n) is 7.56. The molecule has 1 aliphatic carbocycles. The van der Waals surface area contributed by atoms with Crippen LogP contribution in [0.15, 0.2) is 24.3 Å². The van der Waals surface area contributed by atoms with E-state index in [2.05, 4.69) is 11.4 Å². The van der Waals surface area contributed by atoms with E-state index in [1.165, 1.54) is 0 Å². The van der Waals surface area contributed by atoms with Gasteiger partial charge in [0.15, 0.2) is 0 Å². The molecule has 1 amide bonds. The molecule has 0 aliphatic heterocycles. The number of hydrogen-bond acceptors (Lipinski definition) is 3. The topological polar surface area (TPSA) is 62.1 Å². The number of carbonyl (C=O) groups is 1. The van der Waals surface area contributed by atoms with Crippen molar-refractivity contribution >= 4 is 5.91 Å². The minimum absolute atomic E-state index is 0.112. The van der Waals surface area contributed by atoms with E-state index in [-0.39, 0.29) is 11.9 Å². The van der Waals surface area contributed by atoms with Crippen LogP contribution in [0.4, 0.5) is 0 Å². The lowest BCUT2D eigenvalue weighted by atomic mass is 9.86. The molecule has 0 aromatic heterocycles. The van der Waals surface area contributed by atoms with Crippen molar-refractivity contribution in [3.8, 4) is 11.8 Å². The van der Waals surface area contributed by atoms with Crippen LogP contribution >= 0.6 is 0 Å². The zero-order chi connectivity index (χ0) is 15.3. The van der Waals surface area contributed by atoms with Crippen molar-refractivity contribution in [2.75, 3.05) is 6.61 Å². The first-order chi connectivity index (χ1) is 10.1. The third-order valence-corrected chi connectivity index (χ3v) is 4.14. The Labute approximate surface area is 126 Å². The second-order valence-corrected chi connectivity index (χ2v) is 5.60. The Kier molecular flexibility index (Phi) is 4.85. The predicted octanol–water partition coefficient (Wildman–Crippen LogP) is 3.35. The van der Waals surface area contributed by atoms with Gasteiger partial charge in [0.2, 0.25) is 5.91 Å². The van der Waals surface area contributed by atoms with Crippen molar-refractivity contribution in [3.05, 3.63) is 29.8 Å². The Hall–Kier alpha value is -2.02. The maximum atomic E-state index is 12.4. The molecule has 1 aromatic rings. The molecule has 1 atom stereocenters. The maximum absolute atomic E-state index is 12.4. The number of ether oxygens (including phenoxy) is 1. The van der Waals surface area contributed by atoms with Gasteiger partial charge in [0.25, 0.3) is 0 Å². The second-order valence-electron chi connectivity index (χ2n) is 5.60. The van der Waals surface area contributed by atoms with E-state index < -0.39 is 5.41 Å². The van der Waals surface area contributed by atoms with Gasteiger partial charge in [-0.1, -0.05) is 25.0 Å². The van der Waals surface area contributed by atoms with E-state index in [0.717, 1.165) is 24.2 Å². The summed E-state index contributed by atoms with van der Waals surface area (Å²) in [5.74, 6) is 0.688. The summed E-state index contributed by atoms with van der Waals surface area (Å²) in [6.45, 7) is 4.52. The fourth-order valence-electron chi connectivity index (χ4n) is 2.81. The lowest BCUT2D eigenvalue weighted by Crippen LogP contribution is -2.39. The van der Waals surface area contributed by atoms with Crippen LogP contribution in [0.5, 0.6) is 5.75 Å². The van der Waals surface area contributed by atoms with Gasteiger partial charge in [0.05, 0.1) is 18.7 Å². The van der Waals surface area contributed by atoms with Gasteiger partial charge >= 0.3 is 0 Å². The van der Waals surface area contributed by atoms with Gasteiger partial charge in [-0.25, -0.2) is 0 Å². The fraction of sp³-hybridized carbons (Fsp3) is 0.529. The van der Waals surface area contributed by atoms with Crippen molar-refractivity contribution in [2.45, 2.75) is 45.6 Å². The lowest BCUT2D eigenvalue weighted by Gasteiger charge is -2.23. The van der Waals surface area contributed by atoms with Gasteiger partial charge in [-0.2, -0.15) is 5.26 Å². The van der Waals surface area contributed by atoms with Crippen LogP contribution in [-0.2, 0) is 4.79 Å². The molecule has 1 fully saturated rings. The number of rotatable bonds is 5. The maximum Gasteiger partial charge on any atom is 0.240 e. The highest BCUT2D eigenvalue weighted by atomic mass is 16.5. The average Bonchev–Trinajstić information content (AvgIpc) is 2.98. The van der Waals surface area contributed by atoms with Gasteiger partial charge < -0.3 is 10.1 Å². The molecule has 0 saturated heterocycles. The van der Waals surface area contributed by atoms with E-state index in [1.54, 1.807) is 0 Å². The lowest BCUT2D eigenvalue weighted by molar-refractivity contribution is -0.128. The average molecular weight is 286 g/mol. The highest BCUT2D eigenvalue weighted by molar-refractivity contribution is 5.86. The number of nitrogens with zero attached hydrogens (tertiary/aromatic N) is 1. The van der Waals surface area contributed by atoms with Crippen LogP contribution in [0.1, 0.15) is 51.1 Å². The molecule has 0 radical (unpaired) electrons. The van der Waals surface area contributed by atoms with E-state index in [0.29, 0.717) is 19.4 Å². The summed E-state index contributed by atoms with van der Waals surface area (Å²) in [6.07, 6.45) is 3.26. The molecule has 4 heteroatoms. The Morgan fingerprint density at radius 2 is 2.00 bits per heavy atom. The molecule has 1 saturated carbocycles. The third kappa shape index (κ3) is 3.36. The van der Waals surface area contributed by atoms with Crippen LogP contribution in [0, 0.1) is 16.7 Å². The molecule has 0 spiro atoms. The zero-order valence-corrected chi connectivity index (χ0v) is 12.7. The summed E-state index contributed by atoms with van der Waals surface area (Å²) in [5, 5.41) is 12.3. The summed E-state index contributed by atoms with van der Waals surface area (Å²) < 4.78 is 5.41. The summed E-state index contributed by atoms with van der Waals surface area (Å²) >= 11 is 0. The molecule has 0 bridgehead atoms. The molecule has 1 aliphatic rings. The number of hydrogen-bond donors (Lipinski definition) is 1. The number of carbonyl (C=O) groups excluding carboxylic acids is 1. The van der Waals surface area contributed by atoms with E-state index >= 15 is 0 Å². The van der Waals surface area contributed by atoms with Crippen molar-refractivity contribution in [1.82, 2.24) is 5.32 Å². The van der Waals surface area contributed by atoms with Crippen LogP contribution in [0.25, 0.3) is 0 Å². The molecule has 1 N–H and O–H groups in total. The third-order valence-electron chi connectivity index (χ3n) is 4.14. The van der Waals surface area contributed by atoms with Crippen LogP contribution < -0.4 is 10.1 Å². The van der Waals surface area contributed by atoms with Gasteiger partial charge in [0, 0.05) is 0 Å². The number of amides is 1. The van der Waals surface area contributed by atoms with Gasteiger partial charge in [0.1, 0.15) is 11.2 Å². The second kappa shape index (κ2) is 6.62. The Bertz CT molecular complexity index is 525. The van der Waals surface area contributed by atoms with Crippen LogP contribution in [-0.4, -0.2) is 12.5 Å². The molecule has 21 heavy (non-hydrogen) atoms. The summed E-state index contributed by atoms with van der Waals surface area (Å²) in [7, 11) is 0. The SMILES string of the molecule is CCOc1ccc(C(C)NC(=O)C2(C#N)CCCC2)cc1. The highest BCUT2D eigenvalue weighted by Gasteiger charge is 2.41. The van der Waals surface area contributed by atoms with Crippen molar-refractivity contribution in [1.29, 1.82) is 5.26 Å². The largest absolute Gasteiger partial charge is 0.494 e. The normalized spacial score (nSPS) is 17.8. The minimum Gasteiger partial charge on any atom is -0.494 e. The molecular weight excluding hydrogens is 264 g/mol. The predicted molar refractivity (Wildman–Crippen MR) is 80.7 cm³/mol. The van der Waals surface area contributed by atoms with Crippen molar-refractivity contribution in [3.63, 3.8) is 0 Å². The molecular formula is C17H22N2O2. The van der Waals surface area contributed by atoms with Gasteiger partial charge in [-0.3, -0.25) is 4.79 Å². The molecule has 1 aromatic carbocycles. The van der Waals surface area contributed by atoms with E-state index in [1.807, 2.05) is 38.1 Å². The smallest absolute Gasteiger partial charge is 0.240 e. The van der Waals surface area contributed by atoms with E-state index in [9.17, 15) is 10.1 Å². The molecule has 0 heterocycles. The van der Waals surface area contributed by atoms with Crippen LogP contribution in [0.3, 0.4) is 0 Å². The minimum atomic E-state index is -0.820. The zero-order valence-electron chi connectivity index (χ0n) is 12.7. The van der Waals surface area contributed by atoms with Gasteiger partial charge in [-0.15, -0.1) is 0 Å². The van der Waals surface area contributed by atoms with Crippen molar-refractivity contribution in [2.24, 2.45) is 5.41 Å². The Morgan fingerprint density at radius 3 is 2.52 bits per heavy atom. The van der Waals surface area contributed by atoms with E-state index in [4.69, 9.17) is 4.74 Å². The molecule has 1 unspecified atom stereocenters. The quantitative estimate of drug-likeness (QED) is 0.903. The molecule has 4 nitrogen and oxygen atoms in total. The number of nitriles is 1. The number of benzene rings is 1. The standard InChI is InChI=1S/C17H22N2O2/c1-3-21-15-8-6-14(7-9-15)13(2)19-16(20)17(12-18)10-4-5-11-17/h6-9,13H,3-5,10-11H2,1-2H3,(H,19,20). The molecule has 2 rings (SSSR count). The monoisotopic (exact) mass is 286 g/mol. The highest BCUT2D eigenvalue weighted by Crippen LogP contribution is 2.38. The number of nitrogens with one attached hydrogen (secondary N) is 1. The van der Waals surface area contributed by atoms with Crippen molar-refractivity contribution < 1.29 is 9.53 Å². The molecule has 112 valence electrons. The summed E-state index contributed by atoms with van der Waals surface area (Å²) in [5.41, 5.74) is 0.192.